The maximum absolute atomic E-state index is 13.2. The SMILES string of the molecule is C=C(C)COOCC(COCc1ccccc1)OC(=O)NC(C)(C)c1cccc(C(C)(C)NC(=O)OC(COCc2ccccc2)COC(=O)C(=C)C)c1. The van der Waals surface area contributed by atoms with Crippen LogP contribution in [-0.4, -0.2) is 63.4 Å². The minimum Gasteiger partial charge on any atom is -0.458 e. The topological polar surface area (TPSA) is 140 Å². The smallest absolute Gasteiger partial charge is 0.408 e. The number of esters is 1. The van der Waals surface area contributed by atoms with Crippen LogP contribution in [0.2, 0.25) is 0 Å². The third-order valence-electron chi connectivity index (χ3n) is 7.90. The van der Waals surface area contributed by atoms with Gasteiger partial charge in [0.05, 0.1) is 37.5 Å². The van der Waals surface area contributed by atoms with Crippen molar-refractivity contribution in [2.45, 2.75) is 78.0 Å². The van der Waals surface area contributed by atoms with Crippen LogP contribution in [0.1, 0.15) is 63.8 Å². The zero-order chi connectivity index (χ0) is 39.6. The van der Waals surface area contributed by atoms with E-state index >= 15 is 0 Å². The molecule has 2 amide bonds. The fourth-order valence-corrected chi connectivity index (χ4v) is 4.87. The quantitative estimate of drug-likeness (QED) is 0.0203. The van der Waals surface area contributed by atoms with Crippen molar-refractivity contribution in [1.82, 2.24) is 10.6 Å². The average Bonchev–Trinajstić information content (AvgIpc) is 3.12. The molecule has 3 aromatic carbocycles. The molecule has 2 unspecified atom stereocenters. The van der Waals surface area contributed by atoms with Crippen LogP contribution in [0.15, 0.2) is 109 Å². The predicted octanol–water partition coefficient (Wildman–Crippen LogP) is 7.42. The van der Waals surface area contributed by atoms with Crippen LogP contribution >= 0.6 is 0 Å². The van der Waals surface area contributed by atoms with Gasteiger partial charge in [0.25, 0.3) is 0 Å². The Morgan fingerprint density at radius 3 is 1.54 bits per heavy atom. The van der Waals surface area contributed by atoms with E-state index in [1.807, 2.05) is 113 Å². The van der Waals surface area contributed by atoms with Gasteiger partial charge < -0.3 is 34.3 Å². The summed E-state index contributed by atoms with van der Waals surface area (Å²) >= 11 is 0. The van der Waals surface area contributed by atoms with Crippen LogP contribution in [0.3, 0.4) is 0 Å². The fraction of sp³-hybridized carbons (Fsp3) is 0.405. The van der Waals surface area contributed by atoms with Crippen molar-refractivity contribution < 1.29 is 47.8 Å². The molecule has 0 aliphatic rings. The van der Waals surface area contributed by atoms with E-state index in [2.05, 4.69) is 23.8 Å². The fourth-order valence-electron chi connectivity index (χ4n) is 4.87. The van der Waals surface area contributed by atoms with Crippen molar-refractivity contribution in [2.75, 3.05) is 33.0 Å². The molecule has 0 radical (unpaired) electrons. The summed E-state index contributed by atoms with van der Waals surface area (Å²) in [6, 6.07) is 26.6. The number of alkyl carbamates (subject to hydrolysis) is 2. The number of hydrogen-bond donors (Lipinski definition) is 2. The first-order chi connectivity index (χ1) is 25.6. The maximum atomic E-state index is 13.2. The molecule has 12 heteroatoms. The van der Waals surface area contributed by atoms with E-state index in [9.17, 15) is 14.4 Å². The molecule has 0 aromatic heterocycles. The first kappa shape index (κ1) is 43.4. The summed E-state index contributed by atoms with van der Waals surface area (Å²) in [6.45, 7) is 18.6. The van der Waals surface area contributed by atoms with Crippen LogP contribution in [0.25, 0.3) is 0 Å². The lowest BCUT2D eigenvalue weighted by molar-refractivity contribution is -0.300. The lowest BCUT2D eigenvalue weighted by atomic mass is 9.87. The molecule has 0 heterocycles. The highest BCUT2D eigenvalue weighted by Gasteiger charge is 2.30. The minimum atomic E-state index is -0.921. The molecule has 0 fully saturated rings. The summed E-state index contributed by atoms with van der Waals surface area (Å²) in [5.41, 5.74) is 2.58. The number of benzene rings is 3. The van der Waals surface area contributed by atoms with Crippen LogP contribution in [0.5, 0.6) is 0 Å². The normalized spacial score (nSPS) is 12.6. The average molecular weight is 747 g/mol. The molecule has 12 nitrogen and oxygen atoms in total. The van der Waals surface area contributed by atoms with Gasteiger partial charge in [-0.15, -0.1) is 0 Å². The molecule has 0 spiro atoms. The van der Waals surface area contributed by atoms with Crippen molar-refractivity contribution in [2.24, 2.45) is 0 Å². The molecule has 3 aromatic rings. The molecule has 54 heavy (non-hydrogen) atoms. The summed E-state index contributed by atoms with van der Waals surface area (Å²) in [6.07, 6.45) is -3.08. The van der Waals surface area contributed by atoms with E-state index in [1.54, 1.807) is 6.92 Å². The van der Waals surface area contributed by atoms with E-state index in [1.165, 1.54) is 6.92 Å². The Labute approximate surface area is 318 Å². The Kier molecular flexibility index (Phi) is 17.4. The number of carbonyl (C=O) groups is 3. The summed E-state index contributed by atoms with van der Waals surface area (Å²) in [7, 11) is 0. The lowest BCUT2D eigenvalue weighted by Gasteiger charge is -2.31. The van der Waals surface area contributed by atoms with Gasteiger partial charge in [-0.05, 0) is 63.8 Å². The van der Waals surface area contributed by atoms with E-state index in [4.69, 9.17) is 33.5 Å². The monoisotopic (exact) mass is 746 g/mol. The highest BCUT2D eigenvalue weighted by atomic mass is 17.2. The first-order valence-electron chi connectivity index (χ1n) is 17.7. The number of nitrogens with one attached hydrogen (secondary N) is 2. The number of hydrogen-bond acceptors (Lipinski definition) is 10. The van der Waals surface area contributed by atoms with Gasteiger partial charge in [-0.25, -0.2) is 24.2 Å². The second-order valence-corrected chi connectivity index (χ2v) is 14.0. The second-order valence-electron chi connectivity index (χ2n) is 14.0. The van der Waals surface area contributed by atoms with Crippen LogP contribution in [0, 0.1) is 0 Å². The van der Waals surface area contributed by atoms with E-state index in [0.29, 0.717) is 6.61 Å². The Morgan fingerprint density at radius 1 is 0.630 bits per heavy atom. The number of ether oxygens (including phenoxy) is 5. The molecule has 292 valence electrons. The number of rotatable bonds is 22. The molecule has 3 rings (SSSR count). The summed E-state index contributed by atoms with van der Waals surface area (Å²) in [4.78, 5) is 48.9. The zero-order valence-electron chi connectivity index (χ0n) is 32.2. The lowest BCUT2D eigenvalue weighted by Crippen LogP contribution is -2.45. The van der Waals surface area contributed by atoms with Gasteiger partial charge in [0, 0.05) is 5.57 Å². The Bertz CT molecular complexity index is 1660. The van der Waals surface area contributed by atoms with Crippen molar-refractivity contribution in [1.29, 1.82) is 0 Å². The number of amides is 2. The molecular weight excluding hydrogens is 692 g/mol. The second kappa shape index (κ2) is 21.6. The van der Waals surface area contributed by atoms with Crippen LogP contribution in [0.4, 0.5) is 9.59 Å². The summed E-state index contributed by atoms with van der Waals surface area (Å²) in [5.74, 6) is -0.600. The molecule has 0 saturated heterocycles. The van der Waals surface area contributed by atoms with Crippen molar-refractivity contribution >= 4 is 18.2 Å². The number of carbonyl (C=O) groups excluding carboxylic acids is 3. The molecule has 2 atom stereocenters. The van der Waals surface area contributed by atoms with Crippen molar-refractivity contribution in [3.05, 3.63) is 131 Å². The van der Waals surface area contributed by atoms with Gasteiger partial charge in [-0.2, -0.15) is 0 Å². The van der Waals surface area contributed by atoms with Crippen molar-refractivity contribution in [3.8, 4) is 0 Å². The highest BCUT2D eigenvalue weighted by Crippen LogP contribution is 2.27. The zero-order valence-corrected chi connectivity index (χ0v) is 32.2. The van der Waals surface area contributed by atoms with Gasteiger partial charge in [0.15, 0.2) is 12.2 Å². The highest BCUT2D eigenvalue weighted by molar-refractivity contribution is 5.86. The Morgan fingerprint density at radius 2 is 1.09 bits per heavy atom. The van der Waals surface area contributed by atoms with E-state index in [0.717, 1.165) is 27.8 Å². The maximum Gasteiger partial charge on any atom is 0.408 e. The van der Waals surface area contributed by atoms with Gasteiger partial charge in [0.2, 0.25) is 0 Å². The third-order valence-corrected chi connectivity index (χ3v) is 7.90. The summed E-state index contributed by atoms with van der Waals surface area (Å²) in [5, 5.41) is 5.82. The first-order valence-corrected chi connectivity index (χ1v) is 17.7. The van der Waals surface area contributed by atoms with Gasteiger partial charge in [0.1, 0.15) is 19.8 Å². The third kappa shape index (κ3) is 15.9. The van der Waals surface area contributed by atoms with Crippen molar-refractivity contribution in [3.63, 3.8) is 0 Å². The van der Waals surface area contributed by atoms with Gasteiger partial charge in [-0.1, -0.05) is 104 Å². The van der Waals surface area contributed by atoms with Crippen LogP contribution < -0.4 is 10.6 Å². The minimum absolute atomic E-state index is 0.00862. The molecule has 0 bridgehead atoms. The molecule has 0 saturated carbocycles. The Hall–Kier alpha value is -5.01. The molecule has 2 N–H and O–H groups in total. The molecule has 0 aliphatic heterocycles. The van der Waals surface area contributed by atoms with E-state index < -0.39 is 41.4 Å². The van der Waals surface area contributed by atoms with Gasteiger partial charge in [-0.3, -0.25) is 0 Å². The molecular formula is C42H54N2O10. The molecule has 0 aliphatic carbocycles. The standard InChI is InChI=1S/C42H54N2O10/c1-30(2)23-51-52-29-37(27-49-25-33-18-13-10-14-19-33)54-40(47)44-42(7,8)35-21-15-20-34(22-35)41(5,6)43-39(46)53-36(28-50-38(45)31(3)4)26-48-24-32-16-11-9-12-17-32/h9-22,36-37H,1,3,23-29H2,2,4-8H3,(H,43,46)(H,44,47). The van der Waals surface area contributed by atoms with Crippen LogP contribution in [-0.2, 0) is 62.5 Å². The predicted molar refractivity (Wildman–Crippen MR) is 204 cm³/mol. The van der Waals surface area contributed by atoms with Gasteiger partial charge >= 0.3 is 18.2 Å². The largest absolute Gasteiger partial charge is 0.458 e. The summed E-state index contributed by atoms with van der Waals surface area (Å²) < 4.78 is 28.3. The Balaban J connectivity index is 1.62. The van der Waals surface area contributed by atoms with E-state index in [-0.39, 0.29) is 45.2 Å².